The highest BCUT2D eigenvalue weighted by Gasteiger charge is 2.20. The number of anilines is 1. The Kier molecular flexibility index (Phi) is 4.49. The molecule has 0 aliphatic carbocycles. The molecule has 0 radical (unpaired) electrons. The predicted molar refractivity (Wildman–Crippen MR) is 93.5 cm³/mol. The number of fused-ring (bicyclic) bond motifs is 1. The molecule has 0 aliphatic rings. The Labute approximate surface area is 144 Å². The summed E-state index contributed by atoms with van der Waals surface area (Å²) in [6.45, 7) is 4.43. The van der Waals surface area contributed by atoms with Crippen LogP contribution in [-0.4, -0.2) is 29.2 Å². The third kappa shape index (κ3) is 3.22. The van der Waals surface area contributed by atoms with Crippen LogP contribution in [0.4, 0.5) is 5.69 Å². The van der Waals surface area contributed by atoms with Gasteiger partial charge in [0.2, 0.25) is 0 Å². The van der Waals surface area contributed by atoms with Gasteiger partial charge in [-0.15, -0.1) is 0 Å². The summed E-state index contributed by atoms with van der Waals surface area (Å²) < 4.78 is 36.0. The maximum absolute atomic E-state index is 12.7. The number of aromatic nitrogens is 3. The molecule has 0 atom stereocenters. The van der Waals surface area contributed by atoms with E-state index in [1.54, 1.807) is 31.2 Å². The SMILES string of the molecule is CCOc1ccccc1NS(=O)(=O)c1cc2c(=O)n(CC)ncn2c1. The molecule has 1 aromatic carbocycles. The maximum Gasteiger partial charge on any atom is 0.291 e. The first-order valence-electron chi connectivity index (χ1n) is 7.78. The standard InChI is InChI=1S/C16H18N4O4S/c1-3-20-16(21)14-9-12(10-19(14)11-17-20)25(22,23)18-13-7-5-6-8-15(13)24-4-2/h5-11,18H,3-4H2,1-2H3. The van der Waals surface area contributed by atoms with Gasteiger partial charge in [-0.25, -0.2) is 13.1 Å². The Hall–Kier alpha value is -2.81. The van der Waals surface area contributed by atoms with Crippen molar-refractivity contribution in [2.24, 2.45) is 0 Å². The minimum atomic E-state index is -3.88. The molecule has 8 nitrogen and oxygen atoms in total. The summed E-state index contributed by atoms with van der Waals surface area (Å²) in [7, 11) is -3.88. The van der Waals surface area contributed by atoms with E-state index in [1.165, 1.54) is 27.7 Å². The van der Waals surface area contributed by atoms with Gasteiger partial charge in [0, 0.05) is 12.7 Å². The second-order valence-electron chi connectivity index (χ2n) is 5.25. The van der Waals surface area contributed by atoms with Gasteiger partial charge >= 0.3 is 0 Å². The van der Waals surface area contributed by atoms with E-state index in [9.17, 15) is 13.2 Å². The summed E-state index contributed by atoms with van der Waals surface area (Å²) in [5, 5.41) is 3.97. The van der Waals surface area contributed by atoms with E-state index in [4.69, 9.17) is 4.74 Å². The highest BCUT2D eigenvalue weighted by Crippen LogP contribution is 2.26. The number of nitrogens with one attached hydrogen (secondary N) is 1. The lowest BCUT2D eigenvalue weighted by molar-refractivity contribution is 0.342. The Balaban J connectivity index is 2.02. The number of benzene rings is 1. The van der Waals surface area contributed by atoms with Crippen molar-refractivity contribution in [1.82, 2.24) is 14.2 Å². The van der Waals surface area contributed by atoms with Gasteiger partial charge in [-0.3, -0.25) is 13.9 Å². The smallest absolute Gasteiger partial charge is 0.291 e. The van der Waals surface area contributed by atoms with Crippen LogP contribution in [0.3, 0.4) is 0 Å². The number of hydrogen-bond donors (Lipinski definition) is 1. The van der Waals surface area contributed by atoms with Gasteiger partial charge in [-0.1, -0.05) is 12.1 Å². The molecular weight excluding hydrogens is 344 g/mol. The van der Waals surface area contributed by atoms with Gasteiger partial charge in [0.25, 0.3) is 15.6 Å². The largest absolute Gasteiger partial charge is 0.492 e. The number of para-hydroxylation sites is 2. The molecule has 9 heteroatoms. The molecule has 3 aromatic rings. The van der Waals surface area contributed by atoms with Crippen molar-refractivity contribution >= 4 is 21.2 Å². The van der Waals surface area contributed by atoms with Crippen LogP contribution >= 0.6 is 0 Å². The molecule has 0 unspecified atom stereocenters. The van der Waals surface area contributed by atoms with Crippen molar-refractivity contribution in [3.05, 3.63) is 53.2 Å². The number of nitrogens with zero attached hydrogens (tertiary/aromatic N) is 3. The zero-order valence-electron chi connectivity index (χ0n) is 13.8. The Morgan fingerprint density at radius 1 is 1.24 bits per heavy atom. The summed E-state index contributed by atoms with van der Waals surface area (Å²) in [6.07, 6.45) is 2.77. The molecule has 0 saturated carbocycles. The van der Waals surface area contributed by atoms with Crippen LogP contribution in [0.25, 0.3) is 5.52 Å². The number of rotatable bonds is 6. The zero-order chi connectivity index (χ0) is 18.0. The monoisotopic (exact) mass is 362 g/mol. The Morgan fingerprint density at radius 3 is 2.72 bits per heavy atom. The zero-order valence-corrected chi connectivity index (χ0v) is 14.7. The highest BCUT2D eigenvalue weighted by molar-refractivity contribution is 7.92. The quantitative estimate of drug-likeness (QED) is 0.720. The van der Waals surface area contributed by atoms with Gasteiger partial charge in [-0.05, 0) is 32.0 Å². The fourth-order valence-corrected chi connectivity index (χ4v) is 3.53. The number of sulfonamides is 1. The van der Waals surface area contributed by atoms with Crippen molar-refractivity contribution < 1.29 is 13.2 Å². The normalized spacial score (nSPS) is 11.6. The fourth-order valence-electron chi connectivity index (χ4n) is 2.43. The van der Waals surface area contributed by atoms with Crippen LogP contribution in [-0.2, 0) is 16.6 Å². The van der Waals surface area contributed by atoms with Crippen molar-refractivity contribution in [3.8, 4) is 5.75 Å². The summed E-state index contributed by atoms with van der Waals surface area (Å²) in [4.78, 5) is 12.2. The Morgan fingerprint density at radius 2 is 2.00 bits per heavy atom. The molecule has 0 amide bonds. The third-order valence-electron chi connectivity index (χ3n) is 3.63. The van der Waals surface area contributed by atoms with E-state index in [-0.39, 0.29) is 16.0 Å². The van der Waals surface area contributed by atoms with E-state index in [0.717, 1.165) is 0 Å². The van der Waals surface area contributed by atoms with E-state index < -0.39 is 10.0 Å². The molecule has 3 rings (SSSR count). The molecule has 0 spiro atoms. The van der Waals surface area contributed by atoms with E-state index in [2.05, 4.69) is 9.82 Å². The highest BCUT2D eigenvalue weighted by atomic mass is 32.2. The van der Waals surface area contributed by atoms with E-state index in [0.29, 0.717) is 24.6 Å². The molecule has 2 heterocycles. The molecule has 0 aliphatic heterocycles. The average Bonchev–Trinajstić information content (AvgIpc) is 3.03. The second-order valence-corrected chi connectivity index (χ2v) is 6.94. The molecule has 132 valence electrons. The maximum atomic E-state index is 12.7. The first kappa shape index (κ1) is 17.0. The first-order chi connectivity index (χ1) is 12.0. The van der Waals surface area contributed by atoms with Crippen LogP contribution in [0.5, 0.6) is 5.75 Å². The molecule has 0 saturated heterocycles. The van der Waals surface area contributed by atoms with Crippen LogP contribution in [0.2, 0.25) is 0 Å². The van der Waals surface area contributed by atoms with Gasteiger partial charge in [-0.2, -0.15) is 5.10 Å². The number of aryl methyl sites for hydroxylation is 1. The topological polar surface area (TPSA) is 94.7 Å². The lowest BCUT2D eigenvalue weighted by Crippen LogP contribution is -2.23. The molecule has 1 N–H and O–H groups in total. The lowest BCUT2D eigenvalue weighted by Gasteiger charge is -2.11. The summed E-state index contributed by atoms with van der Waals surface area (Å²) in [6, 6.07) is 8.10. The van der Waals surface area contributed by atoms with Crippen molar-refractivity contribution in [2.45, 2.75) is 25.3 Å². The van der Waals surface area contributed by atoms with Gasteiger partial charge in [0.05, 0.1) is 12.3 Å². The molecule has 2 aromatic heterocycles. The predicted octanol–water partition coefficient (Wildman–Crippen LogP) is 1.72. The minimum absolute atomic E-state index is 0.0217. The summed E-state index contributed by atoms with van der Waals surface area (Å²) in [5.41, 5.74) is 0.236. The number of ether oxygens (including phenoxy) is 1. The fraction of sp³-hybridized carbons (Fsp3) is 0.250. The first-order valence-corrected chi connectivity index (χ1v) is 9.27. The second kappa shape index (κ2) is 6.60. The van der Waals surface area contributed by atoms with Crippen LogP contribution in [0.15, 0.2) is 52.5 Å². The van der Waals surface area contributed by atoms with Crippen molar-refractivity contribution in [3.63, 3.8) is 0 Å². The molecular formula is C16H18N4O4S. The van der Waals surface area contributed by atoms with E-state index >= 15 is 0 Å². The minimum Gasteiger partial charge on any atom is -0.492 e. The van der Waals surface area contributed by atoms with Gasteiger partial charge in [0.1, 0.15) is 22.5 Å². The lowest BCUT2D eigenvalue weighted by atomic mass is 10.3. The van der Waals surface area contributed by atoms with Crippen molar-refractivity contribution in [1.29, 1.82) is 0 Å². The van der Waals surface area contributed by atoms with E-state index in [1.807, 2.05) is 6.92 Å². The van der Waals surface area contributed by atoms with Crippen LogP contribution < -0.4 is 15.0 Å². The van der Waals surface area contributed by atoms with Crippen LogP contribution in [0.1, 0.15) is 13.8 Å². The molecule has 0 bridgehead atoms. The molecule has 25 heavy (non-hydrogen) atoms. The number of hydrogen-bond acceptors (Lipinski definition) is 5. The molecule has 0 fully saturated rings. The van der Waals surface area contributed by atoms with Gasteiger partial charge in [0.15, 0.2) is 0 Å². The van der Waals surface area contributed by atoms with Crippen molar-refractivity contribution in [2.75, 3.05) is 11.3 Å². The third-order valence-corrected chi connectivity index (χ3v) is 4.97. The van der Waals surface area contributed by atoms with Crippen LogP contribution in [0, 0.1) is 0 Å². The van der Waals surface area contributed by atoms with Gasteiger partial charge < -0.3 is 4.74 Å². The summed E-state index contributed by atoms with van der Waals surface area (Å²) in [5.74, 6) is 0.437. The Bertz CT molecular complexity index is 1070. The summed E-state index contributed by atoms with van der Waals surface area (Å²) >= 11 is 0. The average molecular weight is 362 g/mol.